The van der Waals surface area contributed by atoms with Crippen molar-refractivity contribution in [1.82, 2.24) is 9.78 Å². The van der Waals surface area contributed by atoms with Gasteiger partial charge in [-0.2, -0.15) is 5.10 Å². The van der Waals surface area contributed by atoms with Crippen molar-refractivity contribution in [3.8, 4) is 5.75 Å². The molecule has 1 aromatic heterocycles. The highest BCUT2D eigenvalue weighted by molar-refractivity contribution is 5.80. The van der Waals surface area contributed by atoms with Crippen molar-refractivity contribution in [2.75, 3.05) is 6.61 Å². The maximum Gasteiger partial charge on any atom is 0.284 e. The summed E-state index contributed by atoms with van der Waals surface area (Å²) in [6.45, 7) is 8.34. The third kappa shape index (κ3) is 6.23. The van der Waals surface area contributed by atoms with Crippen LogP contribution in [0.25, 0.3) is 0 Å². The lowest BCUT2D eigenvalue weighted by Crippen LogP contribution is -2.21. The Morgan fingerprint density at radius 2 is 1.67 bits per heavy atom. The summed E-state index contributed by atoms with van der Waals surface area (Å²) < 4.78 is 7.17. The smallest absolute Gasteiger partial charge is 0.284 e. The normalized spacial score (nSPS) is 11.0. The third-order valence-electron chi connectivity index (χ3n) is 5.15. The molecule has 0 atom stereocenters. The molecular formula is C23H34N2O2. The number of benzene rings is 1. The van der Waals surface area contributed by atoms with Crippen LogP contribution in [0.2, 0.25) is 0 Å². The van der Waals surface area contributed by atoms with Gasteiger partial charge in [0.25, 0.3) is 5.91 Å². The number of carbonyl (C=O) groups excluding carboxylic acids is 1. The van der Waals surface area contributed by atoms with E-state index in [4.69, 9.17) is 4.74 Å². The molecule has 0 bridgehead atoms. The fourth-order valence-corrected chi connectivity index (χ4v) is 3.39. The molecule has 2 aromatic rings. The van der Waals surface area contributed by atoms with Gasteiger partial charge in [-0.05, 0) is 56.4 Å². The summed E-state index contributed by atoms with van der Waals surface area (Å²) >= 11 is 0. The molecule has 4 heteroatoms. The second kappa shape index (κ2) is 10.9. The lowest BCUT2D eigenvalue weighted by atomic mass is 10.0. The molecule has 148 valence electrons. The van der Waals surface area contributed by atoms with Crippen molar-refractivity contribution in [3.63, 3.8) is 0 Å². The first kappa shape index (κ1) is 21.2. The van der Waals surface area contributed by atoms with E-state index >= 15 is 0 Å². The first-order valence-corrected chi connectivity index (χ1v) is 10.4. The molecule has 0 saturated carbocycles. The van der Waals surface area contributed by atoms with Gasteiger partial charge in [0.1, 0.15) is 5.75 Å². The van der Waals surface area contributed by atoms with E-state index in [2.05, 4.69) is 18.9 Å². The molecule has 0 radical (unpaired) electrons. The summed E-state index contributed by atoms with van der Waals surface area (Å²) in [6.07, 6.45) is 9.61. The average Bonchev–Trinajstić information content (AvgIpc) is 2.97. The van der Waals surface area contributed by atoms with Crippen molar-refractivity contribution in [1.29, 1.82) is 0 Å². The second-order valence-corrected chi connectivity index (χ2v) is 7.26. The Labute approximate surface area is 163 Å². The van der Waals surface area contributed by atoms with Gasteiger partial charge in [-0.3, -0.25) is 4.79 Å². The number of nitrogens with zero attached hydrogens (tertiary/aromatic N) is 2. The number of unbranched alkanes of at least 4 members (excludes halogenated alkanes) is 5. The Bertz CT molecular complexity index is 717. The number of ether oxygens (including phenoxy) is 1. The second-order valence-electron chi connectivity index (χ2n) is 7.26. The predicted octanol–water partition coefficient (Wildman–Crippen LogP) is 5.68. The Morgan fingerprint density at radius 1 is 1.00 bits per heavy atom. The van der Waals surface area contributed by atoms with Gasteiger partial charge in [0.2, 0.25) is 0 Å². The summed E-state index contributed by atoms with van der Waals surface area (Å²) in [7, 11) is 0. The molecule has 4 nitrogen and oxygen atoms in total. The Hall–Kier alpha value is -2.10. The molecule has 2 rings (SSSR count). The van der Waals surface area contributed by atoms with E-state index in [0.717, 1.165) is 36.4 Å². The van der Waals surface area contributed by atoms with E-state index in [1.807, 2.05) is 38.1 Å². The number of aryl methyl sites for hydroxylation is 2. The average molecular weight is 371 g/mol. The maximum atomic E-state index is 12.6. The Kier molecular flexibility index (Phi) is 8.56. The predicted molar refractivity (Wildman–Crippen MR) is 111 cm³/mol. The van der Waals surface area contributed by atoms with Crippen LogP contribution in [-0.2, 0) is 12.8 Å². The van der Waals surface area contributed by atoms with Crippen LogP contribution in [0.1, 0.15) is 79.7 Å². The number of hydrogen-bond donors (Lipinski definition) is 0. The summed E-state index contributed by atoms with van der Waals surface area (Å²) in [5, 5.41) is 4.47. The molecular weight excluding hydrogens is 336 g/mol. The van der Waals surface area contributed by atoms with Crippen LogP contribution < -0.4 is 4.74 Å². The molecule has 1 aromatic carbocycles. The van der Waals surface area contributed by atoms with Crippen molar-refractivity contribution in [2.45, 2.75) is 79.1 Å². The van der Waals surface area contributed by atoms with Gasteiger partial charge in [-0.15, -0.1) is 0 Å². The van der Waals surface area contributed by atoms with E-state index in [9.17, 15) is 4.79 Å². The monoisotopic (exact) mass is 370 g/mol. The maximum absolute atomic E-state index is 12.6. The van der Waals surface area contributed by atoms with E-state index < -0.39 is 0 Å². The van der Waals surface area contributed by atoms with Gasteiger partial charge in [0, 0.05) is 5.69 Å². The largest absolute Gasteiger partial charge is 0.484 e. The zero-order chi connectivity index (χ0) is 19.6. The topological polar surface area (TPSA) is 44.1 Å². The highest BCUT2D eigenvalue weighted by atomic mass is 16.5. The zero-order valence-electron chi connectivity index (χ0n) is 17.4. The molecule has 0 N–H and O–H groups in total. The van der Waals surface area contributed by atoms with Crippen LogP contribution in [0.5, 0.6) is 5.75 Å². The van der Waals surface area contributed by atoms with Gasteiger partial charge in [-0.25, -0.2) is 4.68 Å². The van der Waals surface area contributed by atoms with Gasteiger partial charge < -0.3 is 4.74 Å². The van der Waals surface area contributed by atoms with Crippen LogP contribution in [0.3, 0.4) is 0 Å². The molecule has 0 amide bonds. The molecule has 1 heterocycles. The minimum absolute atomic E-state index is 0.00386. The molecule has 0 aliphatic heterocycles. The lowest BCUT2D eigenvalue weighted by molar-refractivity contribution is 0.0818. The van der Waals surface area contributed by atoms with E-state index in [-0.39, 0.29) is 12.5 Å². The lowest BCUT2D eigenvalue weighted by Gasteiger charge is -2.08. The summed E-state index contributed by atoms with van der Waals surface area (Å²) in [4.78, 5) is 12.6. The van der Waals surface area contributed by atoms with Crippen molar-refractivity contribution < 1.29 is 9.53 Å². The number of aromatic nitrogens is 2. The Balaban J connectivity index is 1.88. The molecule has 27 heavy (non-hydrogen) atoms. The summed E-state index contributed by atoms with van der Waals surface area (Å²) in [6, 6.07) is 7.89. The van der Waals surface area contributed by atoms with Crippen LogP contribution >= 0.6 is 0 Å². The van der Waals surface area contributed by atoms with E-state index in [0.29, 0.717) is 0 Å². The van der Waals surface area contributed by atoms with Crippen molar-refractivity contribution >= 4 is 5.91 Å². The van der Waals surface area contributed by atoms with Gasteiger partial charge >= 0.3 is 0 Å². The van der Waals surface area contributed by atoms with E-state index in [1.54, 1.807) is 0 Å². The first-order valence-electron chi connectivity index (χ1n) is 10.4. The zero-order valence-corrected chi connectivity index (χ0v) is 17.4. The molecule has 0 fully saturated rings. The minimum Gasteiger partial charge on any atom is -0.484 e. The van der Waals surface area contributed by atoms with Gasteiger partial charge in [0.15, 0.2) is 6.61 Å². The SMILES string of the molecule is CCCCCCCCc1c(C)nn(C(=O)COc2ccc(CC)cc2)c1C. The molecule has 0 unspecified atom stereocenters. The number of hydrogen-bond acceptors (Lipinski definition) is 3. The highest BCUT2D eigenvalue weighted by Gasteiger charge is 2.16. The molecule has 0 spiro atoms. The van der Waals surface area contributed by atoms with Gasteiger partial charge in [0.05, 0.1) is 5.69 Å². The summed E-state index contributed by atoms with van der Waals surface area (Å²) in [5.74, 6) is 0.596. The number of carbonyl (C=O) groups is 1. The number of rotatable bonds is 11. The quantitative estimate of drug-likeness (QED) is 0.478. The van der Waals surface area contributed by atoms with Crippen LogP contribution in [0.15, 0.2) is 24.3 Å². The van der Waals surface area contributed by atoms with Crippen molar-refractivity contribution in [2.24, 2.45) is 0 Å². The standard InChI is InChI=1S/C23H34N2O2/c1-5-7-8-9-10-11-12-22-18(3)24-25(19(22)4)23(26)17-27-21-15-13-20(6-2)14-16-21/h13-16H,5-12,17H2,1-4H3. The fraction of sp³-hybridized carbons (Fsp3) is 0.565. The Morgan fingerprint density at radius 3 is 2.33 bits per heavy atom. The fourth-order valence-electron chi connectivity index (χ4n) is 3.39. The summed E-state index contributed by atoms with van der Waals surface area (Å²) in [5.41, 5.74) is 4.38. The highest BCUT2D eigenvalue weighted by Crippen LogP contribution is 2.18. The van der Waals surface area contributed by atoms with Crippen molar-refractivity contribution in [3.05, 3.63) is 46.8 Å². The van der Waals surface area contributed by atoms with Crippen LogP contribution in [-0.4, -0.2) is 22.3 Å². The molecule has 0 aliphatic rings. The van der Waals surface area contributed by atoms with Crippen LogP contribution in [0.4, 0.5) is 0 Å². The molecule has 0 saturated heterocycles. The van der Waals surface area contributed by atoms with E-state index in [1.165, 1.54) is 47.9 Å². The van der Waals surface area contributed by atoms with Gasteiger partial charge in [-0.1, -0.05) is 58.1 Å². The first-order chi connectivity index (χ1) is 13.1. The molecule has 0 aliphatic carbocycles. The van der Waals surface area contributed by atoms with Crippen LogP contribution in [0, 0.1) is 13.8 Å². The minimum atomic E-state index is -0.121. The third-order valence-corrected chi connectivity index (χ3v) is 5.15.